The number of esters is 1. The molecule has 1 aromatic heterocycles. The van der Waals surface area contributed by atoms with Gasteiger partial charge in [-0.05, 0) is 37.1 Å². The van der Waals surface area contributed by atoms with Crippen LogP contribution in [0.15, 0.2) is 47.3 Å². The molecular weight excluding hydrogens is 364 g/mol. The van der Waals surface area contributed by atoms with Crippen LogP contribution in [0.4, 0.5) is 0 Å². The van der Waals surface area contributed by atoms with Crippen molar-refractivity contribution < 1.29 is 9.53 Å². The van der Waals surface area contributed by atoms with Gasteiger partial charge in [-0.2, -0.15) is 0 Å². The number of benzene rings is 2. The van der Waals surface area contributed by atoms with Gasteiger partial charge < -0.3 is 4.74 Å². The van der Waals surface area contributed by atoms with E-state index < -0.39 is 5.97 Å². The maximum absolute atomic E-state index is 12.7. The molecule has 0 N–H and O–H groups in total. The fourth-order valence-electron chi connectivity index (χ4n) is 3.39. The first-order chi connectivity index (χ1) is 13.1. The Morgan fingerprint density at radius 1 is 1.15 bits per heavy atom. The van der Waals surface area contributed by atoms with Gasteiger partial charge in [-0.3, -0.25) is 9.36 Å². The van der Waals surface area contributed by atoms with Crippen molar-refractivity contribution in [1.82, 2.24) is 9.55 Å². The first-order valence-electron chi connectivity index (χ1n) is 9.07. The predicted molar refractivity (Wildman–Crippen MR) is 104 cm³/mol. The SMILES string of the molecule is O=C(OCc1ccccc1Cl)c1ccc2c(=O)n3c(nc2c1)CCCCC3. The third-order valence-electron chi connectivity index (χ3n) is 4.87. The first-order valence-corrected chi connectivity index (χ1v) is 9.45. The van der Waals surface area contributed by atoms with Crippen LogP contribution >= 0.6 is 11.6 Å². The summed E-state index contributed by atoms with van der Waals surface area (Å²) in [6, 6.07) is 12.1. The van der Waals surface area contributed by atoms with Gasteiger partial charge in [-0.15, -0.1) is 0 Å². The molecule has 0 saturated carbocycles. The number of ether oxygens (including phenoxy) is 1. The summed E-state index contributed by atoms with van der Waals surface area (Å²) >= 11 is 6.09. The molecule has 3 aromatic rings. The highest BCUT2D eigenvalue weighted by atomic mass is 35.5. The van der Waals surface area contributed by atoms with Gasteiger partial charge in [0.1, 0.15) is 12.4 Å². The molecule has 27 heavy (non-hydrogen) atoms. The van der Waals surface area contributed by atoms with Crippen LogP contribution in [0.25, 0.3) is 10.9 Å². The Balaban J connectivity index is 1.62. The largest absolute Gasteiger partial charge is 0.457 e. The summed E-state index contributed by atoms with van der Waals surface area (Å²) in [6.07, 6.45) is 3.90. The minimum absolute atomic E-state index is 0.0344. The zero-order valence-electron chi connectivity index (χ0n) is 14.8. The lowest BCUT2D eigenvalue weighted by Gasteiger charge is -2.11. The van der Waals surface area contributed by atoms with E-state index in [0.717, 1.165) is 37.1 Å². The number of fused-ring (bicyclic) bond motifs is 2. The Bertz CT molecular complexity index is 1070. The Morgan fingerprint density at radius 3 is 2.85 bits per heavy atom. The normalized spacial score (nSPS) is 13.8. The maximum Gasteiger partial charge on any atom is 0.338 e. The molecule has 2 aromatic carbocycles. The van der Waals surface area contributed by atoms with Crippen molar-refractivity contribution in [3.63, 3.8) is 0 Å². The standard InChI is InChI=1S/C21H19ClN2O3/c22-17-7-4-3-6-15(17)13-27-21(26)14-9-10-16-18(12-14)23-19-8-2-1-5-11-24(19)20(16)25/h3-4,6-7,9-10,12H,1-2,5,8,11,13H2. The molecule has 2 heterocycles. The van der Waals surface area contributed by atoms with Crippen molar-refractivity contribution in [3.05, 3.63) is 74.8 Å². The van der Waals surface area contributed by atoms with E-state index in [4.69, 9.17) is 16.3 Å². The molecule has 0 amide bonds. The first kappa shape index (κ1) is 17.7. The highest BCUT2D eigenvalue weighted by Crippen LogP contribution is 2.19. The molecule has 0 atom stereocenters. The Hall–Kier alpha value is -2.66. The zero-order chi connectivity index (χ0) is 18.8. The van der Waals surface area contributed by atoms with Crippen LogP contribution in [0.3, 0.4) is 0 Å². The minimum atomic E-state index is -0.464. The average Bonchev–Trinajstić information content (AvgIpc) is 2.92. The van der Waals surface area contributed by atoms with E-state index in [-0.39, 0.29) is 12.2 Å². The van der Waals surface area contributed by atoms with E-state index in [9.17, 15) is 9.59 Å². The van der Waals surface area contributed by atoms with Crippen LogP contribution in [-0.4, -0.2) is 15.5 Å². The molecular formula is C21H19ClN2O3. The van der Waals surface area contributed by atoms with E-state index in [1.165, 1.54) is 0 Å². The topological polar surface area (TPSA) is 61.2 Å². The Labute approximate surface area is 161 Å². The summed E-state index contributed by atoms with van der Waals surface area (Å²) in [6.45, 7) is 0.801. The van der Waals surface area contributed by atoms with Crippen LogP contribution in [0, 0.1) is 0 Å². The molecule has 0 aliphatic carbocycles. The summed E-state index contributed by atoms with van der Waals surface area (Å²) in [7, 11) is 0. The third-order valence-corrected chi connectivity index (χ3v) is 5.24. The van der Waals surface area contributed by atoms with E-state index in [2.05, 4.69) is 4.98 Å². The van der Waals surface area contributed by atoms with Crippen LogP contribution in [0.5, 0.6) is 0 Å². The number of aromatic nitrogens is 2. The third kappa shape index (κ3) is 3.60. The van der Waals surface area contributed by atoms with Crippen LogP contribution in [0.2, 0.25) is 5.02 Å². The smallest absolute Gasteiger partial charge is 0.338 e. The lowest BCUT2D eigenvalue weighted by atomic mass is 10.1. The lowest BCUT2D eigenvalue weighted by Crippen LogP contribution is -2.24. The summed E-state index contributed by atoms with van der Waals surface area (Å²) in [5, 5.41) is 1.09. The predicted octanol–water partition coefficient (Wildman–Crippen LogP) is 4.13. The van der Waals surface area contributed by atoms with Gasteiger partial charge in [0.15, 0.2) is 0 Å². The fraction of sp³-hybridized carbons (Fsp3) is 0.286. The molecule has 1 aliphatic heterocycles. The quantitative estimate of drug-likeness (QED) is 0.639. The molecule has 4 rings (SSSR count). The number of hydrogen-bond donors (Lipinski definition) is 0. The molecule has 0 fully saturated rings. The van der Waals surface area contributed by atoms with Crippen LogP contribution in [-0.2, 0) is 24.3 Å². The number of nitrogens with zero attached hydrogens (tertiary/aromatic N) is 2. The number of halogens is 1. The molecule has 5 nitrogen and oxygen atoms in total. The molecule has 1 aliphatic rings. The molecule has 0 bridgehead atoms. The van der Waals surface area contributed by atoms with Gasteiger partial charge in [0.25, 0.3) is 5.56 Å². The summed E-state index contributed by atoms with van der Waals surface area (Å²) in [5.74, 6) is 0.334. The van der Waals surface area contributed by atoms with Gasteiger partial charge in [0.05, 0.1) is 16.5 Å². The molecule has 0 spiro atoms. The summed E-state index contributed by atoms with van der Waals surface area (Å²) in [5.41, 5.74) is 1.63. The summed E-state index contributed by atoms with van der Waals surface area (Å²) < 4.78 is 7.14. The van der Waals surface area contributed by atoms with Gasteiger partial charge in [-0.1, -0.05) is 36.2 Å². The van der Waals surface area contributed by atoms with Crippen LogP contribution in [0.1, 0.15) is 41.0 Å². The second-order valence-corrected chi connectivity index (χ2v) is 7.10. The average molecular weight is 383 g/mol. The second-order valence-electron chi connectivity index (χ2n) is 6.69. The molecule has 6 heteroatoms. The number of carbonyl (C=O) groups is 1. The molecule has 0 unspecified atom stereocenters. The summed E-state index contributed by atoms with van der Waals surface area (Å²) in [4.78, 5) is 29.8. The maximum atomic E-state index is 12.7. The number of rotatable bonds is 3. The van der Waals surface area contributed by atoms with Gasteiger partial charge in [0, 0.05) is 23.6 Å². The van der Waals surface area contributed by atoms with Gasteiger partial charge in [-0.25, -0.2) is 9.78 Å². The molecule has 138 valence electrons. The molecule has 0 saturated heterocycles. The number of carbonyl (C=O) groups excluding carboxylic acids is 1. The Kier molecular flexibility index (Phi) is 4.94. The van der Waals surface area contributed by atoms with E-state index in [0.29, 0.717) is 28.0 Å². The fourth-order valence-corrected chi connectivity index (χ4v) is 3.58. The van der Waals surface area contributed by atoms with Crippen molar-refractivity contribution in [3.8, 4) is 0 Å². The van der Waals surface area contributed by atoms with Crippen molar-refractivity contribution in [2.45, 2.75) is 38.8 Å². The van der Waals surface area contributed by atoms with Gasteiger partial charge in [0.2, 0.25) is 0 Å². The van der Waals surface area contributed by atoms with Crippen molar-refractivity contribution in [2.75, 3.05) is 0 Å². The van der Waals surface area contributed by atoms with E-state index in [1.54, 1.807) is 28.8 Å². The lowest BCUT2D eigenvalue weighted by molar-refractivity contribution is 0.0473. The highest BCUT2D eigenvalue weighted by Gasteiger charge is 2.16. The minimum Gasteiger partial charge on any atom is -0.457 e. The number of aryl methyl sites for hydroxylation is 1. The van der Waals surface area contributed by atoms with Crippen molar-refractivity contribution in [2.24, 2.45) is 0 Å². The number of hydrogen-bond acceptors (Lipinski definition) is 4. The van der Waals surface area contributed by atoms with Crippen molar-refractivity contribution in [1.29, 1.82) is 0 Å². The highest BCUT2D eigenvalue weighted by molar-refractivity contribution is 6.31. The van der Waals surface area contributed by atoms with Crippen molar-refractivity contribution >= 4 is 28.5 Å². The molecule has 0 radical (unpaired) electrons. The van der Waals surface area contributed by atoms with Gasteiger partial charge >= 0.3 is 5.97 Å². The zero-order valence-corrected chi connectivity index (χ0v) is 15.5. The van der Waals surface area contributed by atoms with E-state index >= 15 is 0 Å². The van der Waals surface area contributed by atoms with Crippen LogP contribution < -0.4 is 5.56 Å². The monoisotopic (exact) mass is 382 g/mol. The second kappa shape index (κ2) is 7.53. The van der Waals surface area contributed by atoms with E-state index in [1.807, 2.05) is 18.2 Å². The Morgan fingerprint density at radius 2 is 2.00 bits per heavy atom.